The van der Waals surface area contributed by atoms with E-state index in [0.717, 1.165) is 15.6 Å². The van der Waals surface area contributed by atoms with E-state index in [1.165, 1.54) is 38.4 Å². The van der Waals surface area contributed by atoms with Gasteiger partial charge < -0.3 is 5.32 Å². The van der Waals surface area contributed by atoms with Crippen molar-refractivity contribution in [3.05, 3.63) is 46.4 Å². The number of hydrogen-bond acceptors (Lipinski definition) is 5. The predicted octanol–water partition coefficient (Wildman–Crippen LogP) is 1.37. The topological polar surface area (TPSA) is 79.4 Å². The van der Waals surface area contributed by atoms with Gasteiger partial charge in [-0.05, 0) is 24.3 Å². The highest BCUT2D eigenvalue weighted by atomic mass is 32.2. The molecule has 0 spiro atoms. The molecule has 1 aromatic carbocycles. The minimum Gasteiger partial charge on any atom is -0.352 e. The van der Waals surface area contributed by atoms with Gasteiger partial charge in [-0.1, -0.05) is 0 Å². The summed E-state index contributed by atoms with van der Waals surface area (Å²) in [6, 6.07) is 5.90. The maximum absolute atomic E-state index is 12.0. The van der Waals surface area contributed by atoms with Crippen molar-refractivity contribution < 1.29 is 13.2 Å². The number of sulfonamides is 1. The van der Waals surface area contributed by atoms with E-state index >= 15 is 0 Å². The molecule has 2 rings (SSSR count). The molecule has 118 valence electrons. The number of hydrogen-bond donors (Lipinski definition) is 1. The van der Waals surface area contributed by atoms with Crippen LogP contribution in [0.1, 0.15) is 15.2 Å². The number of carbonyl (C=O) groups excluding carboxylic acids is 1. The van der Waals surface area contributed by atoms with Crippen LogP contribution in [0.25, 0.3) is 0 Å². The van der Waals surface area contributed by atoms with E-state index in [1.54, 1.807) is 23.0 Å². The highest BCUT2D eigenvalue weighted by Crippen LogP contribution is 2.14. The van der Waals surface area contributed by atoms with E-state index in [0.29, 0.717) is 12.1 Å². The van der Waals surface area contributed by atoms with Gasteiger partial charge >= 0.3 is 0 Å². The van der Waals surface area contributed by atoms with Gasteiger partial charge in [-0.25, -0.2) is 12.7 Å². The Kier molecular flexibility index (Phi) is 5.28. The summed E-state index contributed by atoms with van der Waals surface area (Å²) in [5, 5.41) is 2.80. The van der Waals surface area contributed by atoms with E-state index in [9.17, 15) is 13.2 Å². The average molecular weight is 339 g/mol. The summed E-state index contributed by atoms with van der Waals surface area (Å²) >= 11 is 1.54. The zero-order valence-corrected chi connectivity index (χ0v) is 13.9. The van der Waals surface area contributed by atoms with E-state index in [1.807, 2.05) is 0 Å². The smallest absolute Gasteiger partial charge is 0.251 e. The fraction of sp³-hybridized carbons (Fsp3) is 0.286. The van der Waals surface area contributed by atoms with Crippen LogP contribution in [0.4, 0.5) is 0 Å². The third kappa shape index (κ3) is 3.90. The van der Waals surface area contributed by atoms with E-state index in [-0.39, 0.29) is 10.8 Å². The third-order valence-electron chi connectivity index (χ3n) is 3.04. The number of rotatable bonds is 6. The molecule has 0 unspecified atom stereocenters. The summed E-state index contributed by atoms with van der Waals surface area (Å²) < 4.78 is 25.0. The van der Waals surface area contributed by atoms with Gasteiger partial charge in [0, 0.05) is 43.7 Å². The summed E-state index contributed by atoms with van der Waals surface area (Å²) in [4.78, 5) is 17.2. The molecule has 2 aromatic rings. The second-order valence-corrected chi connectivity index (χ2v) is 7.91. The molecule has 1 N–H and O–H groups in total. The van der Waals surface area contributed by atoms with E-state index in [4.69, 9.17) is 0 Å². The van der Waals surface area contributed by atoms with Crippen molar-refractivity contribution in [3.63, 3.8) is 0 Å². The van der Waals surface area contributed by atoms with Crippen LogP contribution in [0, 0.1) is 0 Å². The molecule has 0 atom stereocenters. The molecular formula is C14H17N3O3S2. The largest absolute Gasteiger partial charge is 0.352 e. The van der Waals surface area contributed by atoms with Crippen LogP contribution in [0.2, 0.25) is 0 Å². The molecule has 0 bridgehead atoms. The molecular weight excluding hydrogens is 322 g/mol. The third-order valence-corrected chi connectivity index (χ3v) is 5.70. The molecule has 8 heteroatoms. The molecule has 0 aliphatic carbocycles. The molecule has 0 aliphatic rings. The van der Waals surface area contributed by atoms with E-state index < -0.39 is 10.0 Å². The molecule has 0 saturated carbocycles. The fourth-order valence-electron chi connectivity index (χ4n) is 1.76. The van der Waals surface area contributed by atoms with Gasteiger partial charge in [0.2, 0.25) is 10.0 Å². The minimum absolute atomic E-state index is 0.165. The fourth-order valence-corrected chi connectivity index (χ4v) is 3.26. The summed E-state index contributed by atoms with van der Waals surface area (Å²) in [7, 11) is -0.535. The lowest BCUT2D eigenvalue weighted by molar-refractivity contribution is 0.0954. The summed E-state index contributed by atoms with van der Waals surface area (Å²) in [5.74, 6) is -0.224. The number of aromatic nitrogens is 1. The predicted molar refractivity (Wildman–Crippen MR) is 85.5 cm³/mol. The molecule has 1 heterocycles. The minimum atomic E-state index is -3.47. The second kappa shape index (κ2) is 6.99. The highest BCUT2D eigenvalue weighted by Gasteiger charge is 2.17. The maximum atomic E-state index is 12.0. The van der Waals surface area contributed by atoms with Crippen molar-refractivity contribution in [2.24, 2.45) is 0 Å². The molecule has 6 nitrogen and oxygen atoms in total. The highest BCUT2D eigenvalue weighted by molar-refractivity contribution is 7.89. The monoisotopic (exact) mass is 339 g/mol. The number of thiazole rings is 1. The molecule has 0 saturated heterocycles. The summed E-state index contributed by atoms with van der Waals surface area (Å²) in [5.41, 5.74) is 2.18. The number of amides is 1. The molecule has 0 fully saturated rings. The normalized spacial score (nSPS) is 11.6. The van der Waals surface area contributed by atoms with Crippen LogP contribution in [0.3, 0.4) is 0 Å². The van der Waals surface area contributed by atoms with E-state index in [2.05, 4.69) is 10.3 Å². The number of nitrogens with one attached hydrogen (secondary N) is 1. The molecule has 22 heavy (non-hydrogen) atoms. The van der Waals surface area contributed by atoms with Crippen LogP contribution in [-0.2, 0) is 16.4 Å². The van der Waals surface area contributed by atoms with Gasteiger partial charge in [0.25, 0.3) is 5.91 Å². The van der Waals surface area contributed by atoms with Crippen molar-refractivity contribution in [2.75, 3.05) is 20.6 Å². The Morgan fingerprint density at radius 3 is 2.50 bits per heavy atom. The summed E-state index contributed by atoms with van der Waals surface area (Å²) in [6.07, 6.45) is 2.50. The van der Waals surface area contributed by atoms with Gasteiger partial charge in [-0.2, -0.15) is 0 Å². The Morgan fingerprint density at radius 2 is 1.95 bits per heavy atom. The second-order valence-electron chi connectivity index (χ2n) is 4.79. The Hall–Kier alpha value is -1.77. The maximum Gasteiger partial charge on any atom is 0.251 e. The van der Waals surface area contributed by atoms with Gasteiger partial charge in [0.15, 0.2) is 0 Å². The van der Waals surface area contributed by atoms with Gasteiger partial charge in [-0.3, -0.25) is 9.78 Å². The van der Waals surface area contributed by atoms with Gasteiger partial charge in [-0.15, -0.1) is 11.3 Å². The van der Waals surface area contributed by atoms with Crippen molar-refractivity contribution in [1.29, 1.82) is 0 Å². The lowest BCUT2D eigenvalue weighted by Crippen LogP contribution is -2.26. The average Bonchev–Trinajstić information content (AvgIpc) is 3.00. The molecule has 1 aromatic heterocycles. The quantitative estimate of drug-likeness (QED) is 0.862. The van der Waals surface area contributed by atoms with Crippen molar-refractivity contribution >= 4 is 27.3 Å². The van der Waals surface area contributed by atoms with Crippen LogP contribution in [0.5, 0.6) is 0 Å². The molecule has 0 aliphatic heterocycles. The molecule has 1 amide bonds. The zero-order valence-electron chi connectivity index (χ0n) is 12.3. The lowest BCUT2D eigenvalue weighted by atomic mass is 10.2. The van der Waals surface area contributed by atoms with Crippen molar-refractivity contribution in [3.8, 4) is 0 Å². The Labute approximate surface area is 133 Å². The van der Waals surface area contributed by atoms with Crippen molar-refractivity contribution in [2.45, 2.75) is 11.3 Å². The first-order chi connectivity index (χ1) is 10.4. The summed E-state index contributed by atoms with van der Waals surface area (Å²) in [6.45, 7) is 0.513. The standard InChI is InChI=1S/C14H17N3O3S2/c1-17(2)22(19,20)13-5-3-11(4-6-13)14(18)16-8-7-12-9-15-10-21-12/h3-6,9-10H,7-8H2,1-2H3,(H,16,18). The lowest BCUT2D eigenvalue weighted by Gasteiger charge is -2.11. The van der Waals surface area contributed by atoms with Crippen LogP contribution >= 0.6 is 11.3 Å². The van der Waals surface area contributed by atoms with Gasteiger partial charge in [0.1, 0.15) is 0 Å². The van der Waals surface area contributed by atoms with Crippen molar-refractivity contribution in [1.82, 2.24) is 14.6 Å². The Balaban J connectivity index is 1.96. The number of carbonyl (C=O) groups is 1. The number of nitrogens with zero attached hydrogens (tertiary/aromatic N) is 2. The first-order valence-electron chi connectivity index (χ1n) is 6.59. The Morgan fingerprint density at radius 1 is 1.27 bits per heavy atom. The van der Waals surface area contributed by atoms with Gasteiger partial charge in [0.05, 0.1) is 10.4 Å². The van der Waals surface area contributed by atoms with Crippen LogP contribution < -0.4 is 5.32 Å². The zero-order chi connectivity index (χ0) is 16.2. The first-order valence-corrected chi connectivity index (χ1v) is 8.91. The molecule has 0 radical (unpaired) electrons. The van der Waals surface area contributed by atoms with Crippen LogP contribution in [0.15, 0.2) is 40.9 Å². The van der Waals surface area contributed by atoms with Crippen LogP contribution in [-0.4, -0.2) is 44.3 Å². The SMILES string of the molecule is CN(C)S(=O)(=O)c1ccc(C(=O)NCCc2cncs2)cc1. The Bertz CT molecular complexity index is 723. The number of benzene rings is 1. The first kappa shape index (κ1) is 16.6.